The van der Waals surface area contributed by atoms with Crippen molar-refractivity contribution >= 4 is 56.7 Å². The number of benzene rings is 1. The molecule has 2 aliphatic rings. The average Bonchev–Trinajstić information content (AvgIpc) is 3.32. The summed E-state index contributed by atoms with van der Waals surface area (Å²) in [5, 5.41) is 2.32. The molecule has 0 atom stereocenters. The first-order valence-corrected chi connectivity index (χ1v) is 11.5. The molecule has 2 aliphatic heterocycles. The van der Waals surface area contributed by atoms with Crippen LogP contribution in [0.4, 0.5) is 5.69 Å². The first kappa shape index (κ1) is 20.6. The van der Waals surface area contributed by atoms with Crippen LogP contribution in [-0.2, 0) is 6.54 Å². The minimum absolute atomic E-state index is 0. The Morgan fingerprint density at radius 3 is 2.74 bits per heavy atom. The molecule has 0 unspecified atom stereocenters. The van der Waals surface area contributed by atoms with Crippen LogP contribution in [0.3, 0.4) is 0 Å². The molecule has 1 aromatic heterocycles. The maximum absolute atomic E-state index is 13.1. The number of thiazole rings is 1. The molecule has 8 heteroatoms. The van der Waals surface area contributed by atoms with Crippen LogP contribution in [0.1, 0.15) is 13.8 Å². The standard InChI is InChI=1S/C19H22N3OS3.ClH/c1-4-21-10-11-24-15(21)12-16-22(5-2)18(23)17(26-16)19-20(3)13-8-6-7-9-14(13)25-19;/h6-9,12H,4-5,10-11H2,1-3H3;1H/q+1;/p-1/b19-17-;. The van der Waals surface area contributed by atoms with E-state index in [0.29, 0.717) is 6.54 Å². The van der Waals surface area contributed by atoms with E-state index < -0.39 is 0 Å². The Kier molecular flexibility index (Phi) is 6.46. The summed E-state index contributed by atoms with van der Waals surface area (Å²) in [5.41, 5.74) is 1.30. The molecule has 1 aromatic carbocycles. The number of hydrogen-bond acceptors (Lipinski definition) is 5. The second kappa shape index (κ2) is 8.47. The Hall–Kier alpha value is -1.15. The first-order valence-electron chi connectivity index (χ1n) is 8.85. The van der Waals surface area contributed by atoms with Gasteiger partial charge in [-0.15, -0.1) is 11.3 Å². The lowest BCUT2D eigenvalue weighted by atomic mass is 10.3. The average molecular weight is 440 g/mol. The van der Waals surface area contributed by atoms with Crippen LogP contribution in [-0.4, -0.2) is 40.1 Å². The fourth-order valence-electron chi connectivity index (χ4n) is 3.28. The Morgan fingerprint density at radius 1 is 1.26 bits per heavy atom. The third-order valence-electron chi connectivity index (χ3n) is 4.71. The fourth-order valence-corrected chi connectivity index (χ4v) is 6.93. The van der Waals surface area contributed by atoms with Crippen LogP contribution < -0.4 is 32.1 Å². The van der Waals surface area contributed by atoms with Crippen molar-refractivity contribution in [1.82, 2.24) is 4.57 Å². The minimum atomic E-state index is 0. The molecule has 0 amide bonds. The number of thioether (sulfide) groups is 2. The predicted molar refractivity (Wildman–Crippen MR) is 115 cm³/mol. The molecule has 0 saturated carbocycles. The lowest BCUT2D eigenvalue weighted by molar-refractivity contribution is -0.512. The molecular weight excluding hydrogens is 418 g/mol. The van der Waals surface area contributed by atoms with Crippen molar-refractivity contribution in [2.75, 3.05) is 30.8 Å². The smallest absolute Gasteiger partial charge is 0.271 e. The van der Waals surface area contributed by atoms with Crippen molar-refractivity contribution in [2.45, 2.75) is 25.3 Å². The monoisotopic (exact) mass is 439 g/mol. The number of nitrogens with zero attached hydrogens (tertiary/aromatic N) is 3. The summed E-state index contributed by atoms with van der Waals surface area (Å²) in [5.74, 6) is 1.12. The summed E-state index contributed by atoms with van der Waals surface area (Å²) in [4.78, 5) is 16.5. The topological polar surface area (TPSA) is 28.2 Å². The van der Waals surface area contributed by atoms with E-state index >= 15 is 0 Å². The maximum atomic E-state index is 13.1. The molecule has 0 fully saturated rings. The highest BCUT2D eigenvalue weighted by Gasteiger charge is 2.25. The Morgan fingerprint density at radius 2 is 2.04 bits per heavy atom. The van der Waals surface area contributed by atoms with E-state index in [1.165, 1.54) is 15.6 Å². The maximum Gasteiger partial charge on any atom is 0.271 e. The molecule has 4 nitrogen and oxygen atoms in total. The highest BCUT2D eigenvalue weighted by molar-refractivity contribution is 8.14. The van der Waals surface area contributed by atoms with E-state index in [9.17, 15) is 4.79 Å². The van der Waals surface area contributed by atoms with Crippen molar-refractivity contribution in [3.8, 4) is 0 Å². The molecule has 0 N–H and O–H groups in total. The van der Waals surface area contributed by atoms with Gasteiger partial charge in [0, 0.05) is 18.5 Å². The molecule has 0 radical (unpaired) electrons. The highest BCUT2D eigenvalue weighted by atomic mass is 35.5. The van der Waals surface area contributed by atoms with Gasteiger partial charge in [0.15, 0.2) is 6.54 Å². The second-order valence-electron chi connectivity index (χ2n) is 6.16. The third-order valence-corrected chi connectivity index (χ3v) is 8.26. The Bertz CT molecular complexity index is 1070. The summed E-state index contributed by atoms with van der Waals surface area (Å²) >= 11 is 5.19. The summed E-state index contributed by atoms with van der Waals surface area (Å²) in [6.45, 7) is 7.03. The highest BCUT2D eigenvalue weighted by Crippen LogP contribution is 2.44. The van der Waals surface area contributed by atoms with Gasteiger partial charge in [0.05, 0.1) is 17.5 Å². The lowest BCUT2D eigenvalue weighted by Gasteiger charge is -2.11. The van der Waals surface area contributed by atoms with Gasteiger partial charge in [0.25, 0.3) is 5.56 Å². The number of halogens is 1. The van der Waals surface area contributed by atoms with Gasteiger partial charge in [-0.2, -0.15) is 0 Å². The van der Waals surface area contributed by atoms with Crippen LogP contribution in [0.15, 0.2) is 34.0 Å². The molecule has 2 aromatic rings. The van der Waals surface area contributed by atoms with E-state index in [2.05, 4.69) is 34.6 Å². The lowest BCUT2D eigenvalue weighted by Crippen LogP contribution is -3.00. The largest absolute Gasteiger partial charge is 1.00 e. The zero-order chi connectivity index (χ0) is 18.3. The number of anilines is 1. The van der Waals surface area contributed by atoms with E-state index in [1.807, 2.05) is 42.4 Å². The number of aromatic nitrogens is 1. The van der Waals surface area contributed by atoms with Crippen LogP contribution in [0.25, 0.3) is 11.1 Å². The van der Waals surface area contributed by atoms with Gasteiger partial charge in [0.2, 0.25) is 5.04 Å². The van der Waals surface area contributed by atoms with E-state index in [0.717, 1.165) is 33.1 Å². The second-order valence-corrected chi connectivity index (χ2v) is 9.34. The van der Waals surface area contributed by atoms with Crippen molar-refractivity contribution in [1.29, 1.82) is 0 Å². The molecule has 27 heavy (non-hydrogen) atoms. The number of para-hydroxylation sites is 1. The third kappa shape index (κ3) is 3.62. The van der Waals surface area contributed by atoms with E-state index in [4.69, 9.17) is 0 Å². The summed E-state index contributed by atoms with van der Waals surface area (Å²) < 4.78 is 6.18. The van der Waals surface area contributed by atoms with Crippen LogP contribution in [0, 0.1) is 0 Å². The number of hydrogen-bond donors (Lipinski definition) is 0. The van der Waals surface area contributed by atoms with Crippen molar-refractivity contribution < 1.29 is 17.0 Å². The predicted octanol–water partition coefficient (Wildman–Crippen LogP) is -0.800. The summed E-state index contributed by atoms with van der Waals surface area (Å²) in [6, 6.07) is 8.32. The first-order chi connectivity index (χ1) is 12.6. The normalized spacial score (nSPS) is 18.9. The van der Waals surface area contributed by atoms with E-state index in [-0.39, 0.29) is 18.0 Å². The molecular formula is C19H22ClN3OS3. The van der Waals surface area contributed by atoms with Gasteiger partial charge in [0.1, 0.15) is 20.8 Å². The zero-order valence-electron chi connectivity index (χ0n) is 15.6. The van der Waals surface area contributed by atoms with Gasteiger partial charge < -0.3 is 17.3 Å². The van der Waals surface area contributed by atoms with Crippen LogP contribution >= 0.6 is 34.9 Å². The Labute approximate surface area is 177 Å². The number of fused-ring (bicyclic) bond motifs is 1. The van der Waals surface area contributed by atoms with Crippen molar-refractivity contribution in [3.63, 3.8) is 0 Å². The molecule has 0 bridgehead atoms. The molecule has 3 heterocycles. The Balaban J connectivity index is 0.00000210. The molecule has 0 aliphatic carbocycles. The fraction of sp³-hybridized carbons (Fsp3) is 0.368. The van der Waals surface area contributed by atoms with Crippen LogP contribution in [0.5, 0.6) is 0 Å². The van der Waals surface area contributed by atoms with Crippen molar-refractivity contribution in [3.05, 3.63) is 43.8 Å². The number of rotatable bonds is 3. The molecule has 144 valence electrons. The van der Waals surface area contributed by atoms with Gasteiger partial charge in [-0.05, 0) is 26.0 Å². The van der Waals surface area contributed by atoms with Gasteiger partial charge in [-0.25, -0.2) is 4.58 Å². The molecule has 4 rings (SSSR count). The van der Waals surface area contributed by atoms with Gasteiger partial charge in [-0.1, -0.05) is 35.7 Å². The minimum Gasteiger partial charge on any atom is -1.00 e. The summed E-state index contributed by atoms with van der Waals surface area (Å²) in [7, 11) is 2.05. The molecule has 0 spiro atoms. The van der Waals surface area contributed by atoms with Gasteiger partial charge >= 0.3 is 0 Å². The SMILES string of the molecule is CCn1c(=O)/c(=C2/Sc3ccccc3N2C)s/c1=C/C1=[N+](CC)CCS1.[Cl-]. The van der Waals surface area contributed by atoms with Gasteiger partial charge in [-0.3, -0.25) is 9.36 Å². The molecule has 0 saturated heterocycles. The van der Waals surface area contributed by atoms with Crippen LogP contribution in [0.2, 0.25) is 0 Å². The summed E-state index contributed by atoms with van der Waals surface area (Å²) in [6.07, 6.45) is 2.20. The van der Waals surface area contributed by atoms with Crippen molar-refractivity contribution in [2.24, 2.45) is 0 Å². The van der Waals surface area contributed by atoms with E-state index in [1.54, 1.807) is 23.1 Å². The zero-order valence-corrected chi connectivity index (χ0v) is 18.8. The quantitative estimate of drug-likeness (QED) is 0.585.